The van der Waals surface area contributed by atoms with Gasteiger partial charge in [-0.15, -0.1) is 4.68 Å². The molecule has 0 amide bonds. The van der Waals surface area contributed by atoms with E-state index in [9.17, 15) is 0 Å². The van der Waals surface area contributed by atoms with Crippen LogP contribution >= 0.6 is 0 Å². The number of rotatable bonds is 3. The van der Waals surface area contributed by atoms with Crippen molar-refractivity contribution in [1.82, 2.24) is 9.78 Å². The summed E-state index contributed by atoms with van der Waals surface area (Å²) in [6.45, 7) is 11.2. The molecule has 0 N–H and O–H groups in total. The Morgan fingerprint density at radius 2 is 1.52 bits per heavy atom. The minimum Gasteiger partial charge on any atom is -0.221 e. The topological polar surface area (TPSA) is 21.7 Å². The summed E-state index contributed by atoms with van der Waals surface area (Å²) in [5.74, 6) is 2.16. The summed E-state index contributed by atoms with van der Waals surface area (Å²) >= 11 is 0. The molecule has 0 atom stereocenters. The second-order valence-corrected chi connectivity index (χ2v) is 7.90. The van der Waals surface area contributed by atoms with Crippen molar-refractivity contribution < 1.29 is 4.57 Å². The molecule has 0 unspecified atom stereocenters. The van der Waals surface area contributed by atoms with Crippen molar-refractivity contribution >= 4 is 0 Å². The third-order valence-corrected chi connectivity index (χ3v) is 4.53. The Labute approximate surface area is 151 Å². The average Bonchev–Trinajstić information content (AvgIpc) is 2.92. The van der Waals surface area contributed by atoms with Gasteiger partial charge in [-0.05, 0) is 43.0 Å². The maximum atomic E-state index is 4.88. The Hall–Kier alpha value is -2.42. The van der Waals surface area contributed by atoms with E-state index < -0.39 is 0 Å². The first-order valence-corrected chi connectivity index (χ1v) is 8.94. The SMILES string of the molecule is CC(C)[n+]1c(-c2ccccc2)nn(C)c1-c1ccccc1C(C)(C)C. The van der Waals surface area contributed by atoms with Crippen LogP contribution in [-0.2, 0) is 12.5 Å². The largest absolute Gasteiger partial charge is 0.309 e. The molecule has 3 heteroatoms. The fourth-order valence-electron chi connectivity index (χ4n) is 3.40. The molecule has 0 aliphatic carbocycles. The van der Waals surface area contributed by atoms with E-state index in [0.29, 0.717) is 6.04 Å². The lowest BCUT2D eigenvalue weighted by molar-refractivity contribution is -0.695. The van der Waals surface area contributed by atoms with Crippen LogP contribution in [0.1, 0.15) is 46.2 Å². The molecule has 0 radical (unpaired) electrons. The third kappa shape index (κ3) is 3.23. The molecule has 0 aliphatic rings. The van der Waals surface area contributed by atoms with E-state index in [-0.39, 0.29) is 5.41 Å². The fourth-order valence-corrected chi connectivity index (χ4v) is 3.40. The summed E-state index contributed by atoms with van der Waals surface area (Å²) in [4.78, 5) is 0. The van der Waals surface area contributed by atoms with E-state index >= 15 is 0 Å². The van der Waals surface area contributed by atoms with Crippen LogP contribution in [-0.4, -0.2) is 9.78 Å². The second-order valence-electron chi connectivity index (χ2n) is 7.90. The monoisotopic (exact) mass is 334 g/mol. The van der Waals surface area contributed by atoms with Crippen LogP contribution in [0.2, 0.25) is 0 Å². The zero-order valence-electron chi connectivity index (χ0n) is 16.1. The first-order valence-electron chi connectivity index (χ1n) is 8.94. The zero-order valence-corrected chi connectivity index (χ0v) is 16.1. The number of benzene rings is 2. The van der Waals surface area contributed by atoms with E-state index in [2.05, 4.69) is 87.7 Å². The number of aromatic nitrogens is 3. The van der Waals surface area contributed by atoms with Crippen LogP contribution in [0.15, 0.2) is 54.6 Å². The van der Waals surface area contributed by atoms with Gasteiger partial charge in [0.15, 0.2) is 0 Å². The summed E-state index contributed by atoms with van der Waals surface area (Å²) in [5.41, 5.74) is 3.81. The quantitative estimate of drug-likeness (QED) is 0.623. The maximum Gasteiger partial charge on any atom is 0.309 e. The predicted octanol–water partition coefficient (Wildman–Crippen LogP) is 4.92. The Balaban J connectivity index is 2.31. The lowest BCUT2D eigenvalue weighted by Crippen LogP contribution is -2.40. The first-order chi connectivity index (χ1) is 11.8. The van der Waals surface area contributed by atoms with Crippen molar-refractivity contribution in [2.45, 2.75) is 46.1 Å². The minimum absolute atomic E-state index is 0.0720. The van der Waals surface area contributed by atoms with Crippen molar-refractivity contribution in [3.63, 3.8) is 0 Å². The zero-order chi connectivity index (χ0) is 18.2. The van der Waals surface area contributed by atoms with Gasteiger partial charge in [0.05, 0.1) is 24.2 Å². The highest BCUT2D eigenvalue weighted by Gasteiger charge is 2.31. The summed E-state index contributed by atoms with van der Waals surface area (Å²) in [6, 6.07) is 19.4. The number of nitrogens with zero attached hydrogens (tertiary/aromatic N) is 3. The van der Waals surface area contributed by atoms with Gasteiger partial charge >= 0.3 is 5.82 Å². The van der Waals surface area contributed by atoms with Gasteiger partial charge in [-0.1, -0.05) is 57.2 Å². The van der Waals surface area contributed by atoms with Crippen LogP contribution in [0.25, 0.3) is 22.8 Å². The molecule has 0 saturated heterocycles. The Bertz CT molecular complexity index is 868. The Morgan fingerprint density at radius 1 is 0.920 bits per heavy atom. The van der Waals surface area contributed by atoms with Crippen LogP contribution in [0, 0.1) is 0 Å². The van der Waals surface area contributed by atoms with Gasteiger partial charge in [0.25, 0.3) is 5.82 Å². The number of hydrogen-bond donors (Lipinski definition) is 0. The minimum atomic E-state index is 0.0720. The van der Waals surface area contributed by atoms with E-state index in [1.807, 2.05) is 17.8 Å². The van der Waals surface area contributed by atoms with E-state index in [0.717, 1.165) is 17.2 Å². The molecule has 3 nitrogen and oxygen atoms in total. The fraction of sp³-hybridized carbons (Fsp3) is 0.364. The molecule has 1 heterocycles. The summed E-state index contributed by atoms with van der Waals surface area (Å²) in [6.07, 6.45) is 0. The van der Waals surface area contributed by atoms with Gasteiger partial charge < -0.3 is 0 Å². The van der Waals surface area contributed by atoms with Gasteiger partial charge in [-0.2, -0.15) is 0 Å². The molecular formula is C22H28N3+. The molecule has 0 bridgehead atoms. The van der Waals surface area contributed by atoms with Gasteiger partial charge in [0, 0.05) is 5.10 Å². The van der Waals surface area contributed by atoms with Gasteiger partial charge in [0.2, 0.25) is 0 Å². The smallest absolute Gasteiger partial charge is 0.221 e. The highest BCUT2D eigenvalue weighted by molar-refractivity contribution is 5.62. The normalized spacial score (nSPS) is 12.0. The average molecular weight is 334 g/mol. The molecule has 0 fully saturated rings. The van der Waals surface area contributed by atoms with Crippen LogP contribution < -0.4 is 4.57 Å². The number of hydrogen-bond acceptors (Lipinski definition) is 1. The van der Waals surface area contributed by atoms with Crippen molar-refractivity contribution in [1.29, 1.82) is 0 Å². The summed E-state index contributed by atoms with van der Waals surface area (Å²) in [7, 11) is 2.04. The van der Waals surface area contributed by atoms with Gasteiger partial charge in [0.1, 0.15) is 0 Å². The Morgan fingerprint density at radius 3 is 2.12 bits per heavy atom. The Kier molecular flexibility index (Phi) is 4.51. The summed E-state index contributed by atoms with van der Waals surface area (Å²) < 4.78 is 4.37. The van der Waals surface area contributed by atoms with Crippen LogP contribution in [0.5, 0.6) is 0 Å². The van der Waals surface area contributed by atoms with Gasteiger partial charge in [-0.25, -0.2) is 4.57 Å². The molecule has 1 aromatic heterocycles. The molecular weight excluding hydrogens is 306 g/mol. The molecule has 2 aromatic carbocycles. The maximum absolute atomic E-state index is 4.88. The molecule has 3 rings (SSSR count). The van der Waals surface area contributed by atoms with E-state index in [1.165, 1.54) is 11.1 Å². The van der Waals surface area contributed by atoms with Crippen molar-refractivity contribution in [2.24, 2.45) is 7.05 Å². The lowest BCUT2D eigenvalue weighted by atomic mass is 9.83. The molecule has 0 saturated carbocycles. The lowest BCUT2D eigenvalue weighted by Gasteiger charge is -2.22. The molecule has 25 heavy (non-hydrogen) atoms. The highest BCUT2D eigenvalue weighted by atomic mass is 15.4. The third-order valence-electron chi connectivity index (χ3n) is 4.53. The molecule has 0 spiro atoms. The molecule has 3 aromatic rings. The molecule has 130 valence electrons. The highest BCUT2D eigenvalue weighted by Crippen LogP contribution is 2.32. The van der Waals surface area contributed by atoms with Gasteiger partial charge in [-0.3, -0.25) is 0 Å². The van der Waals surface area contributed by atoms with Crippen molar-refractivity contribution in [2.75, 3.05) is 0 Å². The van der Waals surface area contributed by atoms with Crippen molar-refractivity contribution in [3.8, 4) is 22.8 Å². The first kappa shape index (κ1) is 17.4. The van der Waals surface area contributed by atoms with E-state index in [1.54, 1.807) is 0 Å². The van der Waals surface area contributed by atoms with E-state index in [4.69, 9.17) is 5.10 Å². The molecule has 0 aliphatic heterocycles. The van der Waals surface area contributed by atoms with Crippen LogP contribution in [0.4, 0.5) is 0 Å². The summed E-state index contributed by atoms with van der Waals surface area (Å²) in [5, 5.41) is 4.88. The predicted molar refractivity (Wildman–Crippen MR) is 103 cm³/mol. The number of aryl methyl sites for hydroxylation is 1. The van der Waals surface area contributed by atoms with Crippen LogP contribution in [0.3, 0.4) is 0 Å². The second kappa shape index (κ2) is 6.47. The van der Waals surface area contributed by atoms with Crippen molar-refractivity contribution in [3.05, 3.63) is 60.2 Å². The standard InChI is InChI=1S/C22H28N3/c1-16(2)25-20(17-12-8-7-9-13-17)23-24(6)21(25)18-14-10-11-15-19(18)22(3,4)5/h7-16H,1-6H3/q+1.